The Morgan fingerprint density at radius 1 is 1.56 bits per heavy atom. The first-order chi connectivity index (χ1) is 7.66. The lowest BCUT2D eigenvalue weighted by Crippen LogP contribution is -2.48. The van der Waals surface area contributed by atoms with Gasteiger partial charge in [-0.05, 0) is 18.6 Å². The van der Waals surface area contributed by atoms with E-state index in [2.05, 4.69) is 10.3 Å². The van der Waals surface area contributed by atoms with Gasteiger partial charge in [-0.15, -0.1) is 0 Å². The molecule has 1 saturated heterocycles. The van der Waals surface area contributed by atoms with Gasteiger partial charge >= 0.3 is 0 Å². The summed E-state index contributed by atoms with van der Waals surface area (Å²) in [5.74, 6) is 0.878. The third-order valence-corrected chi connectivity index (χ3v) is 2.66. The fourth-order valence-corrected chi connectivity index (χ4v) is 1.69. The molecule has 86 valence electrons. The van der Waals surface area contributed by atoms with E-state index in [4.69, 9.17) is 5.73 Å². The zero-order valence-electron chi connectivity index (χ0n) is 9.31. The summed E-state index contributed by atoms with van der Waals surface area (Å²) in [6.45, 7) is 3.78. The maximum atomic E-state index is 11.2. The summed E-state index contributed by atoms with van der Waals surface area (Å²) >= 11 is 0. The van der Waals surface area contributed by atoms with E-state index in [1.165, 1.54) is 0 Å². The van der Waals surface area contributed by atoms with Crippen LogP contribution in [0.1, 0.15) is 18.5 Å². The maximum Gasteiger partial charge on any atom is 0.239 e. The number of rotatable bonds is 2. The average molecular weight is 220 g/mol. The van der Waals surface area contributed by atoms with Crippen LogP contribution in [0.5, 0.6) is 0 Å². The number of carbonyl (C=O) groups excluding carboxylic acids is 1. The number of carbonyl (C=O) groups is 1. The Bertz CT molecular complexity index is 374. The fourth-order valence-electron chi connectivity index (χ4n) is 1.69. The molecule has 2 rings (SSSR count). The summed E-state index contributed by atoms with van der Waals surface area (Å²) in [5, 5.41) is 2.78. The predicted octanol–water partition coefficient (Wildman–Crippen LogP) is 0.0375. The van der Waals surface area contributed by atoms with Gasteiger partial charge in [-0.2, -0.15) is 0 Å². The highest BCUT2D eigenvalue weighted by atomic mass is 16.2. The van der Waals surface area contributed by atoms with Gasteiger partial charge in [-0.1, -0.05) is 6.07 Å². The summed E-state index contributed by atoms with van der Waals surface area (Å²) in [4.78, 5) is 17.5. The van der Waals surface area contributed by atoms with Crippen LogP contribution in [0.25, 0.3) is 0 Å². The zero-order chi connectivity index (χ0) is 11.5. The number of nitrogens with one attached hydrogen (secondary N) is 1. The quantitative estimate of drug-likeness (QED) is 0.738. The van der Waals surface area contributed by atoms with Gasteiger partial charge in [-0.3, -0.25) is 4.79 Å². The molecule has 0 radical (unpaired) electrons. The van der Waals surface area contributed by atoms with Crippen LogP contribution in [0.2, 0.25) is 0 Å². The smallest absolute Gasteiger partial charge is 0.239 e. The summed E-state index contributed by atoms with van der Waals surface area (Å²) in [6, 6.07) is 3.86. The number of hydrogen-bond acceptors (Lipinski definition) is 4. The Hall–Kier alpha value is -1.62. The molecule has 3 N–H and O–H groups in total. The average Bonchev–Trinajstić information content (AvgIpc) is 2.29. The lowest BCUT2D eigenvalue weighted by molar-refractivity contribution is -0.120. The summed E-state index contributed by atoms with van der Waals surface area (Å²) < 4.78 is 0. The van der Waals surface area contributed by atoms with Crippen molar-refractivity contribution in [3.63, 3.8) is 0 Å². The highest BCUT2D eigenvalue weighted by molar-refractivity contribution is 5.82. The highest BCUT2D eigenvalue weighted by Crippen LogP contribution is 2.15. The number of pyridine rings is 1. The number of nitrogens with zero attached hydrogens (tertiary/aromatic N) is 2. The highest BCUT2D eigenvalue weighted by Gasteiger charge is 2.17. The van der Waals surface area contributed by atoms with Crippen molar-refractivity contribution >= 4 is 11.7 Å². The Labute approximate surface area is 94.6 Å². The lowest BCUT2D eigenvalue weighted by Gasteiger charge is -2.27. The first-order valence-corrected chi connectivity index (χ1v) is 5.40. The number of anilines is 1. The number of nitrogens with two attached hydrogens (primary N) is 1. The first kappa shape index (κ1) is 10.9. The molecule has 0 unspecified atom stereocenters. The topological polar surface area (TPSA) is 71.2 Å². The molecule has 1 aromatic rings. The van der Waals surface area contributed by atoms with Crippen LogP contribution in [0.4, 0.5) is 5.82 Å². The van der Waals surface area contributed by atoms with E-state index in [0.29, 0.717) is 13.1 Å². The molecule has 1 fully saturated rings. The van der Waals surface area contributed by atoms with E-state index in [-0.39, 0.29) is 11.9 Å². The van der Waals surface area contributed by atoms with Gasteiger partial charge in [0.05, 0.1) is 6.54 Å². The molecule has 1 amide bonds. The van der Waals surface area contributed by atoms with Crippen LogP contribution in [0.15, 0.2) is 18.3 Å². The second-order valence-electron chi connectivity index (χ2n) is 4.01. The molecule has 0 aliphatic carbocycles. The van der Waals surface area contributed by atoms with E-state index in [1.807, 2.05) is 24.0 Å². The first-order valence-electron chi connectivity index (χ1n) is 5.40. The third kappa shape index (κ3) is 2.30. The van der Waals surface area contributed by atoms with Gasteiger partial charge in [0.15, 0.2) is 0 Å². The number of aromatic nitrogens is 1. The van der Waals surface area contributed by atoms with Crippen molar-refractivity contribution in [2.45, 2.75) is 13.0 Å². The van der Waals surface area contributed by atoms with Crippen LogP contribution in [0.3, 0.4) is 0 Å². The number of piperazine rings is 1. The van der Waals surface area contributed by atoms with Gasteiger partial charge < -0.3 is 16.0 Å². The predicted molar refractivity (Wildman–Crippen MR) is 62.1 cm³/mol. The maximum absolute atomic E-state index is 11.2. The van der Waals surface area contributed by atoms with E-state index >= 15 is 0 Å². The normalized spacial score (nSPS) is 18.1. The second kappa shape index (κ2) is 4.49. The number of amides is 1. The minimum absolute atomic E-state index is 0.00814. The number of hydrogen-bond donors (Lipinski definition) is 2. The van der Waals surface area contributed by atoms with Crippen molar-refractivity contribution < 1.29 is 4.79 Å². The van der Waals surface area contributed by atoms with Gasteiger partial charge in [0.2, 0.25) is 5.91 Å². The van der Waals surface area contributed by atoms with Crippen molar-refractivity contribution in [2.24, 2.45) is 5.73 Å². The van der Waals surface area contributed by atoms with E-state index in [0.717, 1.165) is 17.9 Å². The third-order valence-electron chi connectivity index (χ3n) is 2.66. The molecule has 1 aliphatic heterocycles. The lowest BCUT2D eigenvalue weighted by atomic mass is 10.1. The molecule has 0 aromatic carbocycles. The minimum atomic E-state index is -0.00814. The van der Waals surface area contributed by atoms with Gasteiger partial charge in [0.25, 0.3) is 0 Å². The van der Waals surface area contributed by atoms with Crippen LogP contribution in [-0.2, 0) is 4.79 Å². The van der Waals surface area contributed by atoms with Crippen LogP contribution < -0.4 is 16.0 Å². The van der Waals surface area contributed by atoms with Crippen molar-refractivity contribution in [1.29, 1.82) is 0 Å². The van der Waals surface area contributed by atoms with E-state index in [1.54, 1.807) is 6.20 Å². The molecular formula is C11H16N4O. The van der Waals surface area contributed by atoms with Crippen LogP contribution in [-0.4, -0.2) is 30.5 Å². The molecular weight excluding hydrogens is 204 g/mol. The van der Waals surface area contributed by atoms with Crippen LogP contribution >= 0.6 is 0 Å². The van der Waals surface area contributed by atoms with Crippen molar-refractivity contribution in [3.8, 4) is 0 Å². The molecule has 2 heterocycles. The molecule has 5 heteroatoms. The molecule has 1 atom stereocenters. The standard InChI is InChI=1S/C11H16N4O/c1-8(12)9-2-3-10(14-6-9)15-5-4-13-11(16)7-15/h2-3,6,8H,4-5,7,12H2,1H3,(H,13,16)/t8-/m0/s1. The fraction of sp³-hybridized carbons (Fsp3) is 0.455. The Morgan fingerprint density at radius 3 is 2.94 bits per heavy atom. The monoisotopic (exact) mass is 220 g/mol. The molecule has 0 saturated carbocycles. The van der Waals surface area contributed by atoms with E-state index in [9.17, 15) is 4.79 Å². The summed E-state index contributed by atoms with van der Waals surface area (Å²) in [5.41, 5.74) is 6.75. The van der Waals surface area contributed by atoms with Gasteiger partial charge in [0, 0.05) is 25.3 Å². The largest absolute Gasteiger partial charge is 0.353 e. The second-order valence-corrected chi connectivity index (χ2v) is 4.01. The summed E-state index contributed by atoms with van der Waals surface area (Å²) in [7, 11) is 0. The molecule has 16 heavy (non-hydrogen) atoms. The molecule has 1 aliphatic rings. The van der Waals surface area contributed by atoms with Crippen molar-refractivity contribution in [1.82, 2.24) is 10.3 Å². The molecule has 1 aromatic heterocycles. The zero-order valence-corrected chi connectivity index (χ0v) is 9.31. The Morgan fingerprint density at radius 2 is 2.38 bits per heavy atom. The minimum Gasteiger partial charge on any atom is -0.353 e. The molecule has 5 nitrogen and oxygen atoms in total. The Balaban J connectivity index is 2.11. The SMILES string of the molecule is C[C@H](N)c1ccc(N2CCNC(=O)C2)nc1. The van der Waals surface area contributed by atoms with Gasteiger partial charge in [-0.25, -0.2) is 4.98 Å². The summed E-state index contributed by atoms with van der Waals surface area (Å²) in [6.07, 6.45) is 1.77. The van der Waals surface area contributed by atoms with Gasteiger partial charge in [0.1, 0.15) is 5.82 Å². The Kier molecular flexibility index (Phi) is 3.05. The van der Waals surface area contributed by atoms with Crippen LogP contribution in [0, 0.1) is 0 Å². The van der Waals surface area contributed by atoms with Crippen molar-refractivity contribution in [3.05, 3.63) is 23.9 Å². The van der Waals surface area contributed by atoms with Crippen molar-refractivity contribution in [2.75, 3.05) is 24.5 Å². The molecule has 0 bridgehead atoms. The van der Waals surface area contributed by atoms with E-state index < -0.39 is 0 Å². The molecule has 0 spiro atoms.